The number of halogens is 1. The first kappa shape index (κ1) is 15.1. The number of ether oxygens (including phenoxy) is 2. The van der Waals surface area contributed by atoms with Gasteiger partial charge in [-0.1, -0.05) is 6.07 Å². The van der Waals surface area contributed by atoms with Crippen molar-refractivity contribution < 1.29 is 14.4 Å². The molecule has 21 heavy (non-hydrogen) atoms. The van der Waals surface area contributed by atoms with Crippen molar-refractivity contribution in [2.24, 2.45) is 0 Å². The van der Waals surface area contributed by atoms with Crippen molar-refractivity contribution in [3.63, 3.8) is 0 Å². The van der Waals surface area contributed by atoms with Gasteiger partial charge in [0.15, 0.2) is 0 Å². The fourth-order valence-corrected chi connectivity index (χ4v) is 2.01. The highest BCUT2D eigenvalue weighted by Gasteiger charge is 2.12. The second kappa shape index (κ2) is 6.95. The Morgan fingerprint density at radius 3 is 2.62 bits per heavy atom. The third-order valence-electron chi connectivity index (χ3n) is 2.74. The van der Waals surface area contributed by atoms with Gasteiger partial charge in [-0.25, -0.2) is 0 Å². The van der Waals surface area contributed by atoms with E-state index >= 15 is 0 Å². The normalized spacial score (nSPS) is 10.2. The molecule has 0 fully saturated rings. The van der Waals surface area contributed by atoms with Crippen molar-refractivity contribution in [2.75, 3.05) is 6.61 Å². The SMILES string of the molecule is CCOc1cccc(Oc2ccc([N+](=O)[O-])cc2CCl)c1. The Kier molecular flexibility index (Phi) is 5.00. The molecule has 2 aromatic carbocycles. The zero-order valence-electron chi connectivity index (χ0n) is 11.4. The van der Waals surface area contributed by atoms with Crippen LogP contribution in [-0.2, 0) is 5.88 Å². The van der Waals surface area contributed by atoms with Gasteiger partial charge in [0.2, 0.25) is 0 Å². The number of benzene rings is 2. The Labute approximate surface area is 127 Å². The van der Waals surface area contributed by atoms with Crippen LogP contribution in [0.4, 0.5) is 5.69 Å². The van der Waals surface area contributed by atoms with Crippen LogP contribution in [-0.4, -0.2) is 11.5 Å². The standard InChI is InChI=1S/C15H14ClNO4/c1-2-20-13-4-3-5-14(9-13)21-15-7-6-12(17(18)19)8-11(15)10-16/h3-9H,2,10H2,1H3. The monoisotopic (exact) mass is 307 g/mol. The van der Waals surface area contributed by atoms with Crippen LogP contribution >= 0.6 is 11.6 Å². The Hall–Kier alpha value is -2.27. The Morgan fingerprint density at radius 1 is 1.19 bits per heavy atom. The van der Waals surface area contributed by atoms with Gasteiger partial charge in [0.05, 0.1) is 17.4 Å². The molecular weight excluding hydrogens is 294 g/mol. The summed E-state index contributed by atoms with van der Waals surface area (Å²) in [6.07, 6.45) is 0. The maximum absolute atomic E-state index is 10.8. The summed E-state index contributed by atoms with van der Waals surface area (Å²) >= 11 is 5.83. The van der Waals surface area contributed by atoms with Crippen LogP contribution in [0.15, 0.2) is 42.5 Å². The maximum atomic E-state index is 10.8. The molecule has 0 radical (unpaired) electrons. The van der Waals surface area contributed by atoms with E-state index < -0.39 is 4.92 Å². The van der Waals surface area contributed by atoms with Crippen molar-refractivity contribution in [1.82, 2.24) is 0 Å². The molecule has 0 spiro atoms. The summed E-state index contributed by atoms with van der Waals surface area (Å²) in [7, 11) is 0. The second-order valence-corrected chi connectivity index (χ2v) is 4.46. The Balaban J connectivity index is 2.26. The number of alkyl halides is 1. The zero-order chi connectivity index (χ0) is 15.2. The van der Waals surface area contributed by atoms with Gasteiger partial charge in [-0.2, -0.15) is 0 Å². The second-order valence-electron chi connectivity index (χ2n) is 4.19. The number of hydrogen-bond acceptors (Lipinski definition) is 4. The van der Waals surface area contributed by atoms with E-state index in [1.807, 2.05) is 19.1 Å². The summed E-state index contributed by atoms with van der Waals surface area (Å²) in [4.78, 5) is 10.3. The molecule has 0 bridgehead atoms. The van der Waals surface area contributed by atoms with Gasteiger partial charge in [-0.3, -0.25) is 10.1 Å². The summed E-state index contributed by atoms with van der Waals surface area (Å²) in [6.45, 7) is 2.46. The smallest absolute Gasteiger partial charge is 0.270 e. The maximum Gasteiger partial charge on any atom is 0.270 e. The van der Waals surface area contributed by atoms with Gasteiger partial charge in [0.1, 0.15) is 17.2 Å². The van der Waals surface area contributed by atoms with Crippen LogP contribution in [0.2, 0.25) is 0 Å². The highest BCUT2D eigenvalue weighted by Crippen LogP contribution is 2.31. The van der Waals surface area contributed by atoms with Gasteiger partial charge in [-0.05, 0) is 25.1 Å². The van der Waals surface area contributed by atoms with Crippen molar-refractivity contribution in [1.29, 1.82) is 0 Å². The Morgan fingerprint density at radius 2 is 1.95 bits per heavy atom. The number of nitro benzene ring substituents is 1. The number of non-ortho nitro benzene ring substituents is 1. The molecule has 6 heteroatoms. The third kappa shape index (κ3) is 3.86. The average molecular weight is 308 g/mol. The van der Waals surface area contributed by atoms with E-state index in [-0.39, 0.29) is 11.6 Å². The lowest BCUT2D eigenvalue weighted by molar-refractivity contribution is -0.384. The number of hydrogen-bond donors (Lipinski definition) is 0. The van der Waals surface area contributed by atoms with E-state index in [1.54, 1.807) is 18.2 Å². The van der Waals surface area contributed by atoms with Crippen molar-refractivity contribution >= 4 is 17.3 Å². The zero-order valence-corrected chi connectivity index (χ0v) is 12.2. The molecule has 2 aromatic rings. The van der Waals surface area contributed by atoms with E-state index in [1.165, 1.54) is 12.1 Å². The van der Waals surface area contributed by atoms with Crippen molar-refractivity contribution in [3.8, 4) is 17.2 Å². The predicted molar refractivity (Wildman–Crippen MR) is 80.3 cm³/mol. The van der Waals surface area contributed by atoms with Crippen LogP contribution in [0.1, 0.15) is 12.5 Å². The molecule has 0 aliphatic heterocycles. The minimum absolute atomic E-state index is 0.0129. The summed E-state index contributed by atoms with van der Waals surface area (Å²) in [6, 6.07) is 11.5. The molecule has 0 N–H and O–H groups in total. The van der Waals surface area contributed by atoms with Crippen LogP contribution in [0, 0.1) is 10.1 Å². The fourth-order valence-electron chi connectivity index (χ4n) is 1.80. The number of rotatable bonds is 6. The molecule has 0 atom stereocenters. The van der Waals surface area contributed by atoms with Crippen LogP contribution in [0.25, 0.3) is 0 Å². The molecule has 0 unspecified atom stereocenters. The van der Waals surface area contributed by atoms with Gasteiger partial charge >= 0.3 is 0 Å². The molecule has 0 saturated carbocycles. The fraction of sp³-hybridized carbons (Fsp3) is 0.200. The van der Waals surface area contributed by atoms with Crippen LogP contribution < -0.4 is 9.47 Å². The largest absolute Gasteiger partial charge is 0.494 e. The van der Waals surface area contributed by atoms with E-state index in [0.29, 0.717) is 29.4 Å². The lowest BCUT2D eigenvalue weighted by atomic mass is 10.2. The van der Waals surface area contributed by atoms with Crippen LogP contribution in [0.3, 0.4) is 0 Å². The van der Waals surface area contributed by atoms with E-state index in [9.17, 15) is 10.1 Å². The van der Waals surface area contributed by atoms with Gasteiger partial charge in [-0.15, -0.1) is 11.6 Å². The van der Waals surface area contributed by atoms with Crippen molar-refractivity contribution in [2.45, 2.75) is 12.8 Å². The summed E-state index contributed by atoms with van der Waals surface area (Å²) in [5, 5.41) is 10.8. The van der Waals surface area contributed by atoms with E-state index in [0.717, 1.165) is 0 Å². The summed E-state index contributed by atoms with van der Waals surface area (Å²) in [5.41, 5.74) is 0.550. The molecular formula is C15H14ClNO4. The molecule has 2 rings (SSSR count). The minimum Gasteiger partial charge on any atom is -0.494 e. The third-order valence-corrected chi connectivity index (χ3v) is 3.03. The minimum atomic E-state index is -0.463. The molecule has 0 aromatic heterocycles. The first-order chi connectivity index (χ1) is 10.1. The lowest BCUT2D eigenvalue weighted by Crippen LogP contribution is -1.95. The van der Waals surface area contributed by atoms with Gasteiger partial charge < -0.3 is 9.47 Å². The summed E-state index contributed by atoms with van der Waals surface area (Å²) in [5.74, 6) is 1.90. The Bertz CT molecular complexity index is 645. The van der Waals surface area contributed by atoms with Crippen LogP contribution in [0.5, 0.6) is 17.2 Å². The van der Waals surface area contributed by atoms with E-state index in [2.05, 4.69) is 0 Å². The van der Waals surface area contributed by atoms with Gasteiger partial charge in [0, 0.05) is 23.8 Å². The first-order valence-electron chi connectivity index (χ1n) is 6.38. The lowest BCUT2D eigenvalue weighted by Gasteiger charge is -2.10. The number of nitro groups is 1. The first-order valence-corrected chi connectivity index (χ1v) is 6.91. The average Bonchev–Trinajstić information content (AvgIpc) is 2.48. The predicted octanol–water partition coefficient (Wildman–Crippen LogP) is 4.52. The topological polar surface area (TPSA) is 61.6 Å². The molecule has 0 saturated heterocycles. The molecule has 0 aliphatic rings. The molecule has 5 nitrogen and oxygen atoms in total. The molecule has 0 amide bonds. The molecule has 0 aliphatic carbocycles. The quantitative estimate of drug-likeness (QED) is 0.447. The van der Waals surface area contributed by atoms with Crippen molar-refractivity contribution in [3.05, 3.63) is 58.1 Å². The van der Waals surface area contributed by atoms with E-state index in [4.69, 9.17) is 21.1 Å². The molecule has 0 heterocycles. The highest BCUT2D eigenvalue weighted by atomic mass is 35.5. The summed E-state index contributed by atoms with van der Waals surface area (Å²) < 4.78 is 11.1. The van der Waals surface area contributed by atoms with Gasteiger partial charge in [0.25, 0.3) is 5.69 Å². The number of nitrogens with zero attached hydrogens (tertiary/aromatic N) is 1. The highest BCUT2D eigenvalue weighted by molar-refractivity contribution is 6.17. The molecule has 110 valence electrons.